The van der Waals surface area contributed by atoms with E-state index >= 15 is 0 Å². The van der Waals surface area contributed by atoms with Crippen LogP contribution in [0.3, 0.4) is 0 Å². The molecule has 1 amide bonds. The van der Waals surface area contributed by atoms with E-state index in [9.17, 15) is 9.59 Å². The minimum Gasteiger partial charge on any atom is -0.491 e. The van der Waals surface area contributed by atoms with Gasteiger partial charge in [-0.15, -0.1) is 0 Å². The van der Waals surface area contributed by atoms with Crippen molar-refractivity contribution in [3.05, 3.63) is 53.7 Å². The van der Waals surface area contributed by atoms with Crippen LogP contribution in [0.1, 0.15) is 33.7 Å². The second-order valence-corrected chi connectivity index (χ2v) is 6.75. The summed E-state index contributed by atoms with van der Waals surface area (Å²) < 4.78 is 16.0. The SMILES string of the molecule is COC(=O)c1n[nH]c2ccc(NC(=O)c3ccc(OC[C@@H]4CCCO4)cc3)cc12. The number of hydrogen-bond donors (Lipinski definition) is 2. The van der Waals surface area contributed by atoms with Crippen molar-refractivity contribution in [3.8, 4) is 5.75 Å². The van der Waals surface area contributed by atoms with Crippen LogP contribution in [0.15, 0.2) is 42.5 Å². The van der Waals surface area contributed by atoms with Crippen molar-refractivity contribution in [2.24, 2.45) is 0 Å². The number of esters is 1. The third-order valence-corrected chi connectivity index (χ3v) is 4.78. The average molecular weight is 395 g/mol. The van der Waals surface area contributed by atoms with Crippen molar-refractivity contribution < 1.29 is 23.8 Å². The number of aromatic nitrogens is 2. The summed E-state index contributed by atoms with van der Waals surface area (Å²) in [6, 6.07) is 12.1. The lowest BCUT2D eigenvalue weighted by molar-refractivity contribution is 0.0596. The highest BCUT2D eigenvalue weighted by Gasteiger charge is 2.17. The molecule has 0 bridgehead atoms. The molecule has 2 aromatic carbocycles. The molecule has 1 aliphatic rings. The second kappa shape index (κ2) is 8.32. The van der Waals surface area contributed by atoms with Crippen molar-refractivity contribution in [1.29, 1.82) is 0 Å². The maximum atomic E-state index is 12.6. The molecule has 1 saturated heterocycles. The Morgan fingerprint density at radius 1 is 1.24 bits per heavy atom. The molecule has 8 nitrogen and oxygen atoms in total. The normalized spacial score (nSPS) is 16.0. The van der Waals surface area contributed by atoms with Crippen molar-refractivity contribution in [2.75, 3.05) is 25.6 Å². The Morgan fingerprint density at radius 3 is 2.79 bits per heavy atom. The fraction of sp³-hybridized carbons (Fsp3) is 0.286. The quantitative estimate of drug-likeness (QED) is 0.622. The van der Waals surface area contributed by atoms with Crippen LogP contribution >= 0.6 is 0 Å². The van der Waals surface area contributed by atoms with E-state index in [2.05, 4.69) is 15.5 Å². The largest absolute Gasteiger partial charge is 0.491 e. The first-order chi connectivity index (χ1) is 14.1. The van der Waals surface area contributed by atoms with Crippen molar-refractivity contribution in [3.63, 3.8) is 0 Å². The highest BCUT2D eigenvalue weighted by molar-refractivity contribution is 6.07. The number of carbonyl (C=O) groups is 2. The van der Waals surface area contributed by atoms with E-state index in [4.69, 9.17) is 14.2 Å². The fourth-order valence-corrected chi connectivity index (χ4v) is 3.21. The summed E-state index contributed by atoms with van der Waals surface area (Å²) in [4.78, 5) is 24.4. The summed E-state index contributed by atoms with van der Waals surface area (Å²) in [5.74, 6) is -0.115. The summed E-state index contributed by atoms with van der Waals surface area (Å²) in [6.45, 7) is 1.30. The molecule has 3 aromatic rings. The van der Waals surface area contributed by atoms with Gasteiger partial charge in [-0.3, -0.25) is 9.89 Å². The van der Waals surface area contributed by atoms with Gasteiger partial charge in [0.2, 0.25) is 0 Å². The van der Waals surface area contributed by atoms with Crippen LogP contribution in [0.4, 0.5) is 5.69 Å². The van der Waals surface area contributed by atoms with Gasteiger partial charge in [-0.2, -0.15) is 5.10 Å². The lowest BCUT2D eigenvalue weighted by Gasteiger charge is -2.12. The Balaban J connectivity index is 1.42. The number of aromatic amines is 1. The Hall–Kier alpha value is -3.39. The molecule has 0 saturated carbocycles. The van der Waals surface area contributed by atoms with E-state index in [0.717, 1.165) is 19.4 Å². The topological polar surface area (TPSA) is 103 Å². The van der Waals surface area contributed by atoms with Gasteiger partial charge >= 0.3 is 5.97 Å². The van der Waals surface area contributed by atoms with E-state index in [1.807, 2.05) is 0 Å². The van der Waals surface area contributed by atoms with Gasteiger partial charge in [-0.1, -0.05) is 0 Å². The van der Waals surface area contributed by atoms with Gasteiger partial charge in [0.05, 0.1) is 18.7 Å². The number of hydrogen-bond acceptors (Lipinski definition) is 6. The minimum absolute atomic E-state index is 0.144. The van der Waals surface area contributed by atoms with E-state index < -0.39 is 5.97 Å². The third kappa shape index (κ3) is 4.22. The van der Waals surface area contributed by atoms with Crippen LogP contribution in [0.25, 0.3) is 10.9 Å². The number of nitrogens with zero attached hydrogens (tertiary/aromatic N) is 1. The molecule has 0 radical (unpaired) electrons. The highest BCUT2D eigenvalue weighted by atomic mass is 16.5. The van der Waals surface area contributed by atoms with Crippen LogP contribution in [0, 0.1) is 0 Å². The molecule has 4 rings (SSSR count). The third-order valence-electron chi connectivity index (χ3n) is 4.78. The molecule has 29 heavy (non-hydrogen) atoms. The average Bonchev–Trinajstić information content (AvgIpc) is 3.41. The summed E-state index contributed by atoms with van der Waals surface area (Å²) >= 11 is 0. The Kier molecular flexibility index (Phi) is 5.44. The lowest BCUT2D eigenvalue weighted by atomic mass is 10.1. The summed E-state index contributed by atoms with van der Waals surface area (Å²) in [5, 5.41) is 10.1. The number of anilines is 1. The molecular formula is C21H21N3O5. The lowest BCUT2D eigenvalue weighted by Crippen LogP contribution is -2.16. The summed E-state index contributed by atoms with van der Waals surface area (Å²) in [5.41, 5.74) is 1.89. The number of methoxy groups -OCH3 is 1. The number of fused-ring (bicyclic) bond motifs is 1. The zero-order chi connectivity index (χ0) is 20.2. The second-order valence-electron chi connectivity index (χ2n) is 6.75. The van der Waals surface area contributed by atoms with Crippen molar-refractivity contribution >= 4 is 28.5 Å². The molecule has 2 N–H and O–H groups in total. The predicted octanol–water partition coefficient (Wildman–Crippen LogP) is 3.16. The van der Waals surface area contributed by atoms with E-state index in [-0.39, 0.29) is 17.7 Å². The molecule has 0 spiro atoms. The minimum atomic E-state index is -0.543. The van der Waals surface area contributed by atoms with Gasteiger partial charge in [0.1, 0.15) is 12.4 Å². The smallest absolute Gasteiger partial charge is 0.359 e. The zero-order valence-corrected chi connectivity index (χ0v) is 15.9. The van der Waals surface area contributed by atoms with Gasteiger partial charge in [0.15, 0.2) is 5.69 Å². The maximum absolute atomic E-state index is 12.6. The molecule has 8 heteroatoms. The van der Waals surface area contributed by atoms with Gasteiger partial charge in [0.25, 0.3) is 5.91 Å². The number of H-pyrrole nitrogens is 1. The monoisotopic (exact) mass is 395 g/mol. The number of benzene rings is 2. The molecule has 150 valence electrons. The Morgan fingerprint density at radius 2 is 2.07 bits per heavy atom. The van der Waals surface area contributed by atoms with Crippen LogP contribution in [0.5, 0.6) is 5.75 Å². The number of rotatable bonds is 6. The molecule has 1 aromatic heterocycles. The van der Waals surface area contributed by atoms with Gasteiger partial charge < -0.3 is 19.5 Å². The molecule has 1 aliphatic heterocycles. The van der Waals surface area contributed by atoms with E-state index in [1.165, 1.54) is 7.11 Å². The molecule has 0 aliphatic carbocycles. The Labute approximate surface area is 167 Å². The zero-order valence-electron chi connectivity index (χ0n) is 15.9. The molecule has 0 unspecified atom stereocenters. The first kappa shape index (κ1) is 18.9. The van der Waals surface area contributed by atoms with E-state index in [1.54, 1.807) is 42.5 Å². The fourth-order valence-electron chi connectivity index (χ4n) is 3.21. The summed E-state index contributed by atoms with van der Waals surface area (Å²) in [6.07, 6.45) is 2.23. The van der Waals surface area contributed by atoms with Crippen LogP contribution in [-0.4, -0.2) is 48.5 Å². The van der Waals surface area contributed by atoms with Crippen LogP contribution in [0.2, 0.25) is 0 Å². The van der Waals surface area contributed by atoms with Crippen LogP contribution < -0.4 is 10.1 Å². The van der Waals surface area contributed by atoms with E-state index in [0.29, 0.717) is 34.5 Å². The predicted molar refractivity (Wildman–Crippen MR) is 106 cm³/mol. The molecule has 2 heterocycles. The highest BCUT2D eigenvalue weighted by Crippen LogP contribution is 2.22. The first-order valence-corrected chi connectivity index (χ1v) is 9.36. The van der Waals surface area contributed by atoms with Crippen LogP contribution in [-0.2, 0) is 9.47 Å². The number of nitrogens with one attached hydrogen (secondary N) is 2. The maximum Gasteiger partial charge on any atom is 0.359 e. The molecular weight excluding hydrogens is 374 g/mol. The molecule has 1 atom stereocenters. The Bertz CT molecular complexity index is 1020. The van der Waals surface area contributed by atoms with Gasteiger partial charge in [-0.05, 0) is 55.3 Å². The number of carbonyl (C=O) groups excluding carboxylic acids is 2. The van der Waals surface area contributed by atoms with Gasteiger partial charge in [-0.25, -0.2) is 4.79 Å². The number of ether oxygens (including phenoxy) is 3. The van der Waals surface area contributed by atoms with Gasteiger partial charge in [0, 0.05) is 23.2 Å². The first-order valence-electron chi connectivity index (χ1n) is 9.36. The van der Waals surface area contributed by atoms with Crippen molar-refractivity contribution in [2.45, 2.75) is 18.9 Å². The molecule has 1 fully saturated rings. The summed E-state index contributed by atoms with van der Waals surface area (Å²) in [7, 11) is 1.29. The van der Waals surface area contributed by atoms with Crippen molar-refractivity contribution in [1.82, 2.24) is 10.2 Å². The standard InChI is InChI=1S/C21H21N3O5/c1-27-21(26)19-17-11-14(6-9-18(17)23-24-19)22-20(25)13-4-7-15(8-5-13)29-12-16-3-2-10-28-16/h4-9,11,16H,2-3,10,12H2,1H3,(H,22,25)(H,23,24)/t16-/m0/s1. The number of amides is 1.